The largest absolute Gasteiger partial charge is 0.497 e. The summed E-state index contributed by atoms with van der Waals surface area (Å²) in [5.41, 5.74) is 2.85. The Balaban J connectivity index is 0.683. The first-order chi connectivity index (χ1) is 48.8. The number of fused-ring (bicyclic) bond motifs is 1. The third-order valence-corrected chi connectivity index (χ3v) is 21.0. The van der Waals surface area contributed by atoms with Crippen LogP contribution in [-0.2, 0) is 35.2 Å². The van der Waals surface area contributed by atoms with Crippen LogP contribution in [-0.4, -0.2) is 240 Å². The third-order valence-electron chi connectivity index (χ3n) is 20.8. The van der Waals surface area contributed by atoms with Gasteiger partial charge in [-0.15, -0.1) is 0 Å². The lowest BCUT2D eigenvalue weighted by Crippen LogP contribution is -2.57. The van der Waals surface area contributed by atoms with Gasteiger partial charge in [-0.3, -0.25) is 38.7 Å². The number of carbonyl (C=O) groups excluding carboxylic acids is 7. The summed E-state index contributed by atoms with van der Waals surface area (Å²) in [4.78, 5) is 124. The minimum absolute atomic E-state index is 0.0119. The van der Waals surface area contributed by atoms with E-state index in [1.54, 1.807) is 83.9 Å². The van der Waals surface area contributed by atoms with Crippen LogP contribution in [0, 0.1) is 11.8 Å². The first-order valence-electron chi connectivity index (χ1n) is 37.1. The van der Waals surface area contributed by atoms with Crippen molar-refractivity contribution in [2.75, 3.05) is 136 Å². The molecule has 0 bridgehead atoms. The van der Waals surface area contributed by atoms with E-state index in [0.717, 1.165) is 107 Å². The molecular formula is C77H109ClN12O12. The average Bonchev–Trinajstić information content (AvgIpc) is 1.61. The highest BCUT2D eigenvalue weighted by Gasteiger charge is 2.40. The second-order valence-electron chi connectivity index (χ2n) is 30.6. The number of aromatic nitrogens is 2. The normalized spacial score (nSPS) is 20.2. The molecule has 5 atom stereocenters. The number of nitrogens with one attached hydrogen (secondary N) is 2. The average molecular weight is 1430 g/mol. The van der Waals surface area contributed by atoms with Crippen molar-refractivity contribution in [1.82, 2.24) is 54.9 Å². The van der Waals surface area contributed by atoms with Gasteiger partial charge in [0.15, 0.2) is 0 Å². The molecule has 24 nitrogen and oxygen atoms in total. The molecule has 7 amide bonds. The van der Waals surface area contributed by atoms with E-state index >= 15 is 0 Å². The molecule has 5 heterocycles. The molecule has 0 spiro atoms. The van der Waals surface area contributed by atoms with Gasteiger partial charge in [-0.05, 0) is 172 Å². The Bertz CT molecular complexity index is 3520. The number of piperazine rings is 2. The van der Waals surface area contributed by atoms with E-state index in [0.29, 0.717) is 110 Å². The van der Waals surface area contributed by atoms with Gasteiger partial charge in [-0.2, -0.15) is 0 Å². The fourth-order valence-electron chi connectivity index (χ4n) is 15.3. The van der Waals surface area contributed by atoms with E-state index < -0.39 is 41.5 Å². The number of likely N-dealkylation sites (tertiary alicyclic amines) is 2. The van der Waals surface area contributed by atoms with Crippen LogP contribution in [0.15, 0.2) is 73.1 Å². The number of hydrogen-bond acceptors (Lipinski definition) is 17. The van der Waals surface area contributed by atoms with Crippen LogP contribution in [0.3, 0.4) is 0 Å². The minimum Gasteiger partial charge on any atom is -0.497 e. The zero-order chi connectivity index (χ0) is 72.8. The zero-order valence-electron chi connectivity index (χ0n) is 61.5. The van der Waals surface area contributed by atoms with E-state index in [4.69, 9.17) is 30.5 Å². The number of amides is 7. The lowest BCUT2D eigenvalue weighted by molar-refractivity contribution is -0.137. The molecule has 0 radical (unpaired) electrons. The number of piperidine rings is 2. The SMILES string of the molecule is CCOc1cc(OC)ccc1CN(CC(=O)N1CCCC(c2cccc(C(=O)N[C@@H](C(=O)N3CCN(CC4CCN(CC(=O)NCCN(C[C@@H](C(=O)N5CCN(c6ncnc7c6[C@H](C)C[C@H]7O)CC5)c5ccc(Cl)cc5)C(=O)OC(C)(C)C)CC4)CC3)C3CCCCC3)c2)C1)C(=O)OC(C)(C)C. The van der Waals surface area contributed by atoms with Crippen LogP contribution in [0.2, 0.25) is 5.02 Å². The van der Waals surface area contributed by atoms with Crippen LogP contribution < -0.4 is 25.0 Å². The quantitative estimate of drug-likeness (QED) is 0.0591. The number of aliphatic hydroxyl groups is 1. The monoisotopic (exact) mass is 1430 g/mol. The van der Waals surface area contributed by atoms with E-state index in [2.05, 4.69) is 42.2 Å². The maximum absolute atomic E-state index is 14.7. The Kier molecular flexibility index (Phi) is 26.5. The van der Waals surface area contributed by atoms with Crippen molar-refractivity contribution in [3.05, 3.63) is 112 Å². The van der Waals surface area contributed by atoms with Gasteiger partial charge in [0.1, 0.15) is 47.4 Å². The van der Waals surface area contributed by atoms with Crippen LogP contribution in [0.5, 0.6) is 11.5 Å². The van der Waals surface area contributed by atoms with Gasteiger partial charge in [0, 0.05) is 125 Å². The second-order valence-corrected chi connectivity index (χ2v) is 31.0. The fourth-order valence-corrected chi connectivity index (χ4v) is 15.4. The maximum atomic E-state index is 14.7. The number of nitrogens with zero attached hydrogens (tertiary/aromatic N) is 10. The highest BCUT2D eigenvalue weighted by Crippen LogP contribution is 2.43. The minimum atomic E-state index is -0.815. The van der Waals surface area contributed by atoms with E-state index in [1.807, 2.05) is 53.1 Å². The number of rotatable bonds is 24. The number of anilines is 1. The van der Waals surface area contributed by atoms with Crippen LogP contribution in [0.4, 0.5) is 15.4 Å². The molecule has 1 aromatic heterocycles. The van der Waals surface area contributed by atoms with Crippen molar-refractivity contribution >= 4 is 59.1 Å². The Morgan fingerprint density at radius 2 is 1.40 bits per heavy atom. The molecule has 25 heteroatoms. The summed E-state index contributed by atoms with van der Waals surface area (Å²) < 4.78 is 23.1. The van der Waals surface area contributed by atoms with Gasteiger partial charge in [0.2, 0.25) is 23.6 Å². The molecule has 10 rings (SSSR count). The molecule has 4 saturated heterocycles. The standard InChI is InChI=1S/C77H109ClN12O12/c1-10-100-64-44-61(99-9)26-23-59(64)47-90(75(98)102-77(6,7)8)50-66(93)88-30-15-20-58(46-88)56-18-14-19-57(43-56)71(94)82-68(55-16-12-11-13-17-55)73(96)87-36-34-84(35-37-87)45-53-27-31-83(32-28-53)49-65(92)79-29-33-89(74(97)101-76(3,4)5)48-62(54-21-24-60(78)25-22-54)72(95)86-40-38-85(39-41-86)70-67-52(2)42-63(91)69(67)80-51-81-70/h14,18-19,21-26,43-44,51-53,55,58,62-63,68,91H,10-13,15-17,20,27-42,45-50H2,1-9H3,(H,79,92)(H,82,94)/t52-,58?,62-,63-,68-/m1/s1. The van der Waals surface area contributed by atoms with Crippen molar-refractivity contribution < 1.29 is 57.6 Å². The van der Waals surface area contributed by atoms with Gasteiger partial charge < -0.3 is 59.2 Å². The van der Waals surface area contributed by atoms with Gasteiger partial charge in [-0.25, -0.2) is 19.6 Å². The molecule has 4 aliphatic heterocycles. The van der Waals surface area contributed by atoms with Gasteiger partial charge in [0.05, 0.1) is 44.5 Å². The number of aliphatic hydroxyl groups excluding tert-OH is 1. The predicted molar refractivity (Wildman–Crippen MR) is 390 cm³/mol. The van der Waals surface area contributed by atoms with E-state index in [9.17, 15) is 38.7 Å². The van der Waals surface area contributed by atoms with Gasteiger partial charge in [-0.1, -0.05) is 62.1 Å². The van der Waals surface area contributed by atoms with Crippen molar-refractivity contribution in [2.45, 2.75) is 167 Å². The van der Waals surface area contributed by atoms with Gasteiger partial charge >= 0.3 is 12.2 Å². The molecule has 3 N–H and O–H groups in total. The molecule has 3 aromatic carbocycles. The first-order valence-corrected chi connectivity index (χ1v) is 37.4. The number of methoxy groups -OCH3 is 1. The van der Waals surface area contributed by atoms with E-state index in [-0.39, 0.29) is 86.6 Å². The second kappa shape index (κ2) is 35.1. The number of benzene rings is 3. The Morgan fingerprint density at radius 1 is 0.725 bits per heavy atom. The Labute approximate surface area is 607 Å². The zero-order valence-corrected chi connectivity index (χ0v) is 62.2. The molecule has 1 saturated carbocycles. The Hall–Kier alpha value is -7.80. The predicted octanol–water partition coefficient (Wildman–Crippen LogP) is 9.24. The summed E-state index contributed by atoms with van der Waals surface area (Å²) in [6, 6.07) is 19.4. The molecular weight excluding hydrogens is 1320 g/mol. The topological polar surface area (TPSA) is 252 Å². The lowest BCUT2D eigenvalue weighted by atomic mass is 9.83. The smallest absolute Gasteiger partial charge is 0.411 e. The summed E-state index contributed by atoms with van der Waals surface area (Å²) in [5, 5.41) is 17.5. The number of halogens is 1. The highest BCUT2D eigenvalue weighted by molar-refractivity contribution is 6.30. The van der Waals surface area contributed by atoms with Crippen molar-refractivity contribution in [1.29, 1.82) is 0 Å². The maximum Gasteiger partial charge on any atom is 0.411 e. The summed E-state index contributed by atoms with van der Waals surface area (Å²) in [7, 11) is 1.58. The van der Waals surface area contributed by atoms with Crippen molar-refractivity contribution in [2.24, 2.45) is 11.8 Å². The summed E-state index contributed by atoms with van der Waals surface area (Å²) in [6.45, 7) is 23.3. The summed E-state index contributed by atoms with van der Waals surface area (Å²) in [6.07, 6.45) is 8.52. The van der Waals surface area contributed by atoms with Crippen molar-refractivity contribution in [3.8, 4) is 11.5 Å². The molecule has 6 aliphatic rings. The number of ether oxygens (including phenoxy) is 4. The molecule has 102 heavy (non-hydrogen) atoms. The Morgan fingerprint density at radius 3 is 2.08 bits per heavy atom. The summed E-state index contributed by atoms with van der Waals surface area (Å²) >= 11 is 6.35. The van der Waals surface area contributed by atoms with Crippen LogP contribution >= 0.6 is 11.6 Å². The number of carbonyl (C=O) groups is 7. The van der Waals surface area contributed by atoms with E-state index in [1.165, 1.54) is 16.1 Å². The molecule has 4 aromatic rings. The lowest BCUT2D eigenvalue weighted by Gasteiger charge is -2.41. The van der Waals surface area contributed by atoms with Crippen LogP contribution in [0.1, 0.15) is 182 Å². The first kappa shape index (κ1) is 76.8. The molecule has 1 unspecified atom stereocenters. The van der Waals surface area contributed by atoms with Crippen molar-refractivity contribution in [3.63, 3.8) is 0 Å². The highest BCUT2D eigenvalue weighted by atomic mass is 35.5. The third kappa shape index (κ3) is 20.8. The van der Waals surface area contributed by atoms with Gasteiger partial charge in [0.25, 0.3) is 5.91 Å². The fraction of sp³-hybridized carbons (Fsp3) is 0.623. The molecule has 2 aliphatic carbocycles. The summed E-state index contributed by atoms with van der Waals surface area (Å²) in [5.74, 6) is 0.892. The number of hydrogen-bond donors (Lipinski definition) is 3. The molecule has 556 valence electrons. The van der Waals surface area contributed by atoms with Crippen LogP contribution in [0.25, 0.3) is 0 Å². The molecule has 5 fully saturated rings.